The molecule has 0 heterocycles. The van der Waals surface area contributed by atoms with Gasteiger partial charge in [-0.05, 0) is 32.2 Å². The molecule has 1 atom stereocenters. The van der Waals surface area contributed by atoms with Crippen LogP contribution >= 0.6 is 0 Å². The molecular formula is C11H27NO. The first-order valence-electron chi connectivity index (χ1n) is 5.48. The van der Waals surface area contributed by atoms with Gasteiger partial charge in [-0.3, -0.25) is 0 Å². The number of nitrogens with two attached hydrogens (primary N) is 1. The summed E-state index contributed by atoms with van der Waals surface area (Å²) in [5.41, 5.74) is 5.38. The summed E-state index contributed by atoms with van der Waals surface area (Å²) in [5, 5.41) is 0. The number of hydrogen-bond donors (Lipinski definition) is 1. The molecule has 0 fully saturated rings. The van der Waals surface area contributed by atoms with Crippen LogP contribution in [-0.2, 0) is 4.74 Å². The van der Waals surface area contributed by atoms with Crippen molar-refractivity contribution in [2.75, 3.05) is 13.2 Å². The van der Waals surface area contributed by atoms with Gasteiger partial charge in [0.05, 0.1) is 6.10 Å². The Morgan fingerprint density at radius 1 is 1.08 bits per heavy atom. The first-order chi connectivity index (χ1) is 6.16. The van der Waals surface area contributed by atoms with E-state index in [9.17, 15) is 0 Å². The van der Waals surface area contributed by atoms with Crippen LogP contribution in [0.4, 0.5) is 0 Å². The predicted octanol–water partition coefficient (Wildman–Crippen LogP) is 2.81. The molecule has 0 saturated carbocycles. The van der Waals surface area contributed by atoms with Gasteiger partial charge in [-0.25, -0.2) is 0 Å². The Kier molecular flexibility index (Phi) is 14.1. The van der Waals surface area contributed by atoms with Gasteiger partial charge in [0.1, 0.15) is 0 Å². The zero-order valence-corrected chi connectivity index (χ0v) is 9.97. The van der Waals surface area contributed by atoms with Crippen LogP contribution < -0.4 is 5.73 Å². The summed E-state index contributed by atoms with van der Waals surface area (Å²) in [6.45, 7) is 12.1. The first-order valence-corrected chi connectivity index (χ1v) is 5.48. The molecule has 0 aromatic carbocycles. The molecule has 0 aliphatic carbocycles. The topological polar surface area (TPSA) is 35.2 Å². The molecular weight excluding hydrogens is 162 g/mol. The monoisotopic (exact) mass is 189 g/mol. The van der Waals surface area contributed by atoms with Crippen molar-refractivity contribution in [3.63, 3.8) is 0 Å². The molecule has 0 rings (SSSR count). The minimum atomic E-state index is 0.332. The second-order valence-corrected chi connectivity index (χ2v) is 3.44. The predicted molar refractivity (Wildman–Crippen MR) is 59.9 cm³/mol. The van der Waals surface area contributed by atoms with Gasteiger partial charge >= 0.3 is 0 Å². The van der Waals surface area contributed by atoms with E-state index >= 15 is 0 Å². The summed E-state index contributed by atoms with van der Waals surface area (Å²) < 4.78 is 5.51. The summed E-state index contributed by atoms with van der Waals surface area (Å²) in [6.07, 6.45) is 2.45. The van der Waals surface area contributed by atoms with Crippen molar-refractivity contribution in [2.45, 2.75) is 53.6 Å². The third-order valence-electron chi connectivity index (χ3n) is 1.67. The Bertz CT molecular complexity index is 84.2. The average molecular weight is 189 g/mol. The minimum absolute atomic E-state index is 0.332. The fourth-order valence-corrected chi connectivity index (χ4v) is 0.823. The van der Waals surface area contributed by atoms with Gasteiger partial charge in [-0.1, -0.05) is 27.7 Å². The molecule has 82 valence electrons. The van der Waals surface area contributed by atoms with Crippen LogP contribution in [0.3, 0.4) is 0 Å². The first kappa shape index (κ1) is 15.4. The van der Waals surface area contributed by atoms with E-state index < -0.39 is 0 Å². The quantitative estimate of drug-likeness (QED) is 0.697. The second kappa shape index (κ2) is 11.9. The Hall–Kier alpha value is -0.0800. The van der Waals surface area contributed by atoms with Gasteiger partial charge in [-0.15, -0.1) is 0 Å². The van der Waals surface area contributed by atoms with Crippen molar-refractivity contribution in [1.29, 1.82) is 0 Å². The molecule has 0 radical (unpaired) electrons. The second-order valence-electron chi connectivity index (χ2n) is 3.44. The van der Waals surface area contributed by atoms with E-state index in [4.69, 9.17) is 10.5 Å². The molecule has 13 heavy (non-hydrogen) atoms. The molecule has 0 amide bonds. The van der Waals surface area contributed by atoms with Gasteiger partial charge in [0.15, 0.2) is 0 Å². The maximum absolute atomic E-state index is 5.51. The van der Waals surface area contributed by atoms with E-state index in [0.29, 0.717) is 6.10 Å². The van der Waals surface area contributed by atoms with Crippen molar-refractivity contribution < 1.29 is 4.74 Å². The lowest BCUT2D eigenvalue weighted by atomic mass is 10.1. The molecule has 0 spiro atoms. The summed E-state index contributed by atoms with van der Waals surface area (Å²) in [4.78, 5) is 0. The molecule has 1 unspecified atom stereocenters. The molecule has 2 nitrogen and oxygen atoms in total. The number of rotatable bonds is 6. The fraction of sp³-hybridized carbons (Fsp3) is 1.00. The van der Waals surface area contributed by atoms with Crippen LogP contribution in [0, 0.1) is 5.92 Å². The van der Waals surface area contributed by atoms with E-state index in [1.54, 1.807) is 0 Å². The Morgan fingerprint density at radius 2 is 1.62 bits per heavy atom. The molecule has 0 bridgehead atoms. The smallest absolute Gasteiger partial charge is 0.0559 e. The number of hydrogen-bond acceptors (Lipinski definition) is 2. The van der Waals surface area contributed by atoms with E-state index in [1.165, 1.54) is 0 Å². The van der Waals surface area contributed by atoms with Crippen molar-refractivity contribution in [3.05, 3.63) is 0 Å². The van der Waals surface area contributed by atoms with Crippen LogP contribution in [0.1, 0.15) is 47.5 Å². The summed E-state index contributed by atoms with van der Waals surface area (Å²) in [5.74, 6) is 0.736. The van der Waals surface area contributed by atoms with E-state index in [2.05, 4.69) is 20.8 Å². The van der Waals surface area contributed by atoms with Gasteiger partial charge in [0.2, 0.25) is 0 Å². The van der Waals surface area contributed by atoms with Crippen LogP contribution in [0.5, 0.6) is 0 Å². The number of ether oxygens (including phenoxy) is 1. The molecule has 2 N–H and O–H groups in total. The van der Waals surface area contributed by atoms with Crippen LogP contribution in [-0.4, -0.2) is 19.3 Å². The van der Waals surface area contributed by atoms with Crippen LogP contribution in [0.25, 0.3) is 0 Å². The maximum atomic E-state index is 5.51. The Morgan fingerprint density at radius 3 is 2.00 bits per heavy atom. The normalized spacial score (nSPS) is 12.2. The summed E-state index contributed by atoms with van der Waals surface area (Å²) in [7, 11) is 0. The Balaban J connectivity index is 0. The Labute approximate surface area is 83.8 Å². The molecule has 0 aromatic rings. The molecule has 2 heteroatoms. The standard InChI is InChI=1S/C9H21NO.C2H6/c1-8(2)5-7-11-9(3)4-6-10;1-2/h8-9H,4-7,10H2,1-3H3;1-2H3. The highest BCUT2D eigenvalue weighted by Gasteiger charge is 2.00. The highest BCUT2D eigenvalue weighted by atomic mass is 16.5. The molecule has 0 saturated heterocycles. The van der Waals surface area contributed by atoms with Gasteiger partial charge in [0, 0.05) is 6.61 Å². The van der Waals surface area contributed by atoms with Gasteiger partial charge < -0.3 is 10.5 Å². The molecule has 0 aliphatic rings. The summed E-state index contributed by atoms with van der Waals surface area (Å²) >= 11 is 0. The lowest BCUT2D eigenvalue weighted by Crippen LogP contribution is -2.15. The molecule has 0 aromatic heterocycles. The van der Waals surface area contributed by atoms with Gasteiger partial charge in [0.25, 0.3) is 0 Å². The molecule has 0 aliphatic heterocycles. The third kappa shape index (κ3) is 14.7. The fourth-order valence-electron chi connectivity index (χ4n) is 0.823. The van der Waals surface area contributed by atoms with Gasteiger partial charge in [-0.2, -0.15) is 0 Å². The minimum Gasteiger partial charge on any atom is -0.378 e. The van der Waals surface area contributed by atoms with E-state index in [1.807, 2.05) is 13.8 Å². The van der Waals surface area contributed by atoms with E-state index in [-0.39, 0.29) is 0 Å². The van der Waals surface area contributed by atoms with Crippen molar-refractivity contribution in [1.82, 2.24) is 0 Å². The lowest BCUT2D eigenvalue weighted by molar-refractivity contribution is 0.0549. The highest BCUT2D eigenvalue weighted by Crippen LogP contribution is 2.02. The zero-order valence-electron chi connectivity index (χ0n) is 9.97. The van der Waals surface area contributed by atoms with Crippen molar-refractivity contribution in [3.8, 4) is 0 Å². The summed E-state index contributed by atoms with van der Waals surface area (Å²) in [6, 6.07) is 0. The average Bonchev–Trinajstić information content (AvgIpc) is 2.08. The third-order valence-corrected chi connectivity index (χ3v) is 1.67. The van der Waals surface area contributed by atoms with Crippen LogP contribution in [0.15, 0.2) is 0 Å². The highest BCUT2D eigenvalue weighted by molar-refractivity contribution is 4.51. The van der Waals surface area contributed by atoms with E-state index in [0.717, 1.165) is 31.9 Å². The largest absolute Gasteiger partial charge is 0.378 e. The zero-order chi connectivity index (χ0) is 10.7. The van der Waals surface area contributed by atoms with Crippen molar-refractivity contribution >= 4 is 0 Å². The lowest BCUT2D eigenvalue weighted by Gasteiger charge is -2.12. The van der Waals surface area contributed by atoms with Crippen molar-refractivity contribution in [2.24, 2.45) is 11.7 Å². The SMILES string of the molecule is CC.CC(C)CCOC(C)CCN. The van der Waals surface area contributed by atoms with Crippen LogP contribution in [0.2, 0.25) is 0 Å². The maximum Gasteiger partial charge on any atom is 0.0559 e.